The number of carbonyl (C=O) groups excluding carboxylic acids is 1. The summed E-state index contributed by atoms with van der Waals surface area (Å²) < 4.78 is 11.1. The Labute approximate surface area is 126 Å². The maximum atomic E-state index is 12.0. The van der Waals surface area contributed by atoms with E-state index >= 15 is 0 Å². The molecular formula is C17H23NO3. The Hall–Kier alpha value is -1.97. The molecule has 1 aliphatic rings. The summed E-state index contributed by atoms with van der Waals surface area (Å²) in [5.74, 6) is 1.73. The van der Waals surface area contributed by atoms with Gasteiger partial charge in [0.1, 0.15) is 13.2 Å². The van der Waals surface area contributed by atoms with Gasteiger partial charge in [0, 0.05) is 6.08 Å². The predicted molar refractivity (Wildman–Crippen MR) is 82.6 cm³/mol. The number of hydrogen-bond acceptors (Lipinski definition) is 3. The Morgan fingerprint density at radius 2 is 1.86 bits per heavy atom. The summed E-state index contributed by atoms with van der Waals surface area (Å²) in [6.07, 6.45) is 1.62. The number of benzene rings is 1. The zero-order valence-electron chi connectivity index (χ0n) is 13.1. The molecule has 1 unspecified atom stereocenters. The van der Waals surface area contributed by atoms with Crippen molar-refractivity contribution < 1.29 is 14.3 Å². The molecule has 1 aromatic rings. The molecule has 1 heterocycles. The third kappa shape index (κ3) is 4.00. The van der Waals surface area contributed by atoms with E-state index in [4.69, 9.17) is 9.47 Å². The molecule has 0 aromatic heterocycles. The lowest BCUT2D eigenvalue weighted by atomic mass is 9.95. The Morgan fingerprint density at radius 3 is 2.48 bits per heavy atom. The number of allylic oxidation sites excluding steroid dienone is 1. The Bertz CT molecular complexity index is 545. The molecular weight excluding hydrogens is 266 g/mol. The number of hydrogen-bond donors (Lipinski definition) is 1. The van der Waals surface area contributed by atoms with Crippen LogP contribution in [0, 0.1) is 5.92 Å². The van der Waals surface area contributed by atoms with Gasteiger partial charge in [-0.25, -0.2) is 0 Å². The summed E-state index contributed by atoms with van der Waals surface area (Å²) in [5.41, 5.74) is 2.02. The van der Waals surface area contributed by atoms with Crippen molar-refractivity contribution >= 4 is 5.91 Å². The molecule has 21 heavy (non-hydrogen) atoms. The highest BCUT2D eigenvalue weighted by Gasteiger charge is 2.20. The minimum absolute atomic E-state index is 0.0519. The molecule has 4 nitrogen and oxygen atoms in total. The molecule has 0 aliphatic carbocycles. The predicted octanol–water partition coefficient (Wildman–Crippen LogP) is 3.24. The van der Waals surface area contributed by atoms with E-state index in [2.05, 4.69) is 19.2 Å². The maximum absolute atomic E-state index is 12.0. The van der Waals surface area contributed by atoms with Gasteiger partial charge in [-0.2, -0.15) is 0 Å². The number of amides is 1. The van der Waals surface area contributed by atoms with Crippen molar-refractivity contribution in [1.29, 1.82) is 0 Å². The first-order chi connectivity index (χ1) is 9.97. The Morgan fingerprint density at radius 1 is 1.19 bits per heavy atom. The molecule has 2 rings (SSSR count). The molecule has 0 fully saturated rings. The van der Waals surface area contributed by atoms with Gasteiger partial charge in [-0.1, -0.05) is 25.5 Å². The second-order valence-electron chi connectivity index (χ2n) is 5.86. The molecule has 1 atom stereocenters. The van der Waals surface area contributed by atoms with Crippen LogP contribution in [0.25, 0.3) is 0 Å². The van der Waals surface area contributed by atoms with Gasteiger partial charge >= 0.3 is 0 Å². The van der Waals surface area contributed by atoms with Crippen LogP contribution in [-0.2, 0) is 4.79 Å². The van der Waals surface area contributed by atoms with Crippen molar-refractivity contribution in [2.45, 2.75) is 33.7 Å². The van der Waals surface area contributed by atoms with Crippen LogP contribution >= 0.6 is 0 Å². The molecule has 0 saturated carbocycles. The molecule has 1 amide bonds. The van der Waals surface area contributed by atoms with Gasteiger partial charge in [0.05, 0.1) is 6.04 Å². The van der Waals surface area contributed by atoms with E-state index in [-0.39, 0.29) is 17.9 Å². The van der Waals surface area contributed by atoms with Crippen LogP contribution in [-0.4, -0.2) is 19.1 Å². The van der Waals surface area contributed by atoms with Gasteiger partial charge in [0.2, 0.25) is 5.91 Å². The lowest BCUT2D eigenvalue weighted by Crippen LogP contribution is -2.30. The summed E-state index contributed by atoms with van der Waals surface area (Å²) in [6, 6.07) is 5.80. The van der Waals surface area contributed by atoms with Crippen LogP contribution < -0.4 is 14.8 Å². The van der Waals surface area contributed by atoms with Crippen LogP contribution in [0.5, 0.6) is 11.5 Å². The summed E-state index contributed by atoms with van der Waals surface area (Å²) in [4.78, 5) is 12.0. The standard InChI is InChI=1S/C17H23NO3/c1-11(2)9-16(19)18-17(12(3)4)13-5-6-14-15(10-13)21-8-7-20-14/h5-6,9-10,12,17H,7-8H2,1-4H3,(H,18,19). The van der Waals surface area contributed by atoms with Gasteiger partial charge < -0.3 is 14.8 Å². The lowest BCUT2D eigenvalue weighted by Gasteiger charge is -2.25. The fourth-order valence-electron chi connectivity index (χ4n) is 2.35. The first-order valence-electron chi connectivity index (χ1n) is 7.32. The Balaban J connectivity index is 2.22. The number of ether oxygens (including phenoxy) is 2. The summed E-state index contributed by atoms with van der Waals surface area (Å²) >= 11 is 0. The highest BCUT2D eigenvalue weighted by atomic mass is 16.6. The molecule has 1 N–H and O–H groups in total. The average Bonchev–Trinajstić information content (AvgIpc) is 2.43. The highest BCUT2D eigenvalue weighted by Crippen LogP contribution is 2.34. The van der Waals surface area contributed by atoms with Gasteiger partial charge in [0.25, 0.3) is 0 Å². The van der Waals surface area contributed by atoms with E-state index in [9.17, 15) is 4.79 Å². The van der Waals surface area contributed by atoms with Crippen LogP contribution in [0.2, 0.25) is 0 Å². The topological polar surface area (TPSA) is 47.6 Å². The van der Waals surface area contributed by atoms with Crippen molar-refractivity contribution in [2.75, 3.05) is 13.2 Å². The van der Waals surface area contributed by atoms with E-state index < -0.39 is 0 Å². The fourth-order valence-corrected chi connectivity index (χ4v) is 2.35. The van der Waals surface area contributed by atoms with Crippen LogP contribution in [0.3, 0.4) is 0 Å². The SMILES string of the molecule is CC(C)=CC(=O)NC(c1ccc2c(c1)OCCO2)C(C)C. The third-order valence-corrected chi connectivity index (χ3v) is 3.31. The molecule has 0 radical (unpaired) electrons. The summed E-state index contributed by atoms with van der Waals surface area (Å²) in [7, 11) is 0. The van der Waals surface area contributed by atoms with Crippen LogP contribution in [0.15, 0.2) is 29.8 Å². The molecule has 0 bridgehead atoms. The van der Waals surface area contributed by atoms with E-state index in [1.165, 1.54) is 0 Å². The van der Waals surface area contributed by atoms with Crippen LogP contribution in [0.1, 0.15) is 39.3 Å². The van der Waals surface area contributed by atoms with E-state index in [0.717, 1.165) is 22.6 Å². The second-order valence-corrected chi connectivity index (χ2v) is 5.86. The molecule has 1 aliphatic heterocycles. The van der Waals surface area contributed by atoms with E-state index in [0.29, 0.717) is 13.2 Å². The van der Waals surface area contributed by atoms with Crippen molar-refractivity contribution in [1.82, 2.24) is 5.32 Å². The van der Waals surface area contributed by atoms with Crippen molar-refractivity contribution in [3.63, 3.8) is 0 Å². The smallest absolute Gasteiger partial charge is 0.244 e. The van der Waals surface area contributed by atoms with Gasteiger partial charge in [-0.05, 0) is 37.5 Å². The minimum atomic E-state index is -0.0661. The number of carbonyl (C=O) groups is 1. The number of fused-ring (bicyclic) bond motifs is 1. The normalized spacial score (nSPS) is 14.5. The minimum Gasteiger partial charge on any atom is -0.486 e. The molecule has 114 valence electrons. The largest absolute Gasteiger partial charge is 0.486 e. The van der Waals surface area contributed by atoms with Crippen molar-refractivity contribution in [3.8, 4) is 11.5 Å². The monoisotopic (exact) mass is 289 g/mol. The zero-order valence-corrected chi connectivity index (χ0v) is 13.1. The first kappa shape index (κ1) is 15.4. The quantitative estimate of drug-likeness (QED) is 0.866. The Kier molecular flexibility index (Phi) is 4.89. The summed E-state index contributed by atoms with van der Waals surface area (Å²) in [5, 5.41) is 3.06. The first-order valence-corrected chi connectivity index (χ1v) is 7.32. The number of rotatable bonds is 4. The van der Waals surface area contributed by atoms with Gasteiger partial charge in [-0.3, -0.25) is 4.79 Å². The van der Waals surface area contributed by atoms with Gasteiger partial charge in [-0.15, -0.1) is 0 Å². The van der Waals surface area contributed by atoms with Crippen LogP contribution in [0.4, 0.5) is 0 Å². The van der Waals surface area contributed by atoms with Gasteiger partial charge in [0.15, 0.2) is 11.5 Å². The van der Waals surface area contributed by atoms with E-state index in [1.54, 1.807) is 6.08 Å². The highest BCUT2D eigenvalue weighted by molar-refractivity contribution is 5.88. The molecule has 1 aromatic carbocycles. The van der Waals surface area contributed by atoms with Crippen molar-refractivity contribution in [3.05, 3.63) is 35.4 Å². The summed E-state index contributed by atoms with van der Waals surface area (Å²) in [6.45, 7) is 9.14. The lowest BCUT2D eigenvalue weighted by molar-refractivity contribution is -0.117. The third-order valence-electron chi connectivity index (χ3n) is 3.31. The fraction of sp³-hybridized carbons (Fsp3) is 0.471. The van der Waals surface area contributed by atoms with Crippen molar-refractivity contribution in [2.24, 2.45) is 5.92 Å². The zero-order chi connectivity index (χ0) is 15.4. The molecule has 0 saturated heterocycles. The maximum Gasteiger partial charge on any atom is 0.244 e. The second kappa shape index (κ2) is 6.66. The molecule has 4 heteroatoms. The number of nitrogens with one attached hydrogen (secondary N) is 1. The van der Waals surface area contributed by atoms with E-state index in [1.807, 2.05) is 32.0 Å². The molecule has 0 spiro atoms. The average molecular weight is 289 g/mol.